The highest BCUT2D eigenvalue weighted by Gasteiger charge is 2.29. The van der Waals surface area contributed by atoms with Crippen LogP contribution in [0.4, 0.5) is 0 Å². The fraction of sp³-hybridized carbons (Fsp3) is 0.938. The highest BCUT2D eigenvalue weighted by molar-refractivity contribution is 5.79. The number of ether oxygens (including phenoxy) is 1. The Hall–Kier alpha value is -0.610. The molecule has 0 spiro atoms. The summed E-state index contributed by atoms with van der Waals surface area (Å²) in [6.45, 7) is 9.92. The van der Waals surface area contributed by atoms with Crippen molar-refractivity contribution in [1.82, 2.24) is 4.90 Å². The number of carbonyl (C=O) groups is 1. The summed E-state index contributed by atoms with van der Waals surface area (Å²) in [5.41, 5.74) is 5.19. The normalized spacial score (nSPS) is 23.9. The molecule has 1 heterocycles. The minimum Gasteiger partial charge on any atom is -0.465 e. The quantitative estimate of drug-likeness (QED) is 0.576. The van der Waals surface area contributed by atoms with E-state index in [2.05, 4.69) is 11.8 Å². The number of nitrogens with zero attached hydrogens (tertiary/aromatic N) is 1. The number of carbonyl (C=O) groups excluding carboxylic acids is 1. The zero-order valence-corrected chi connectivity index (χ0v) is 13.5. The monoisotopic (exact) mass is 284 g/mol. The number of unbranched alkanes of at least 4 members (excludes halogenated alkanes) is 1. The van der Waals surface area contributed by atoms with Crippen LogP contribution in [0.5, 0.6) is 0 Å². The smallest absolute Gasteiger partial charge is 0.325 e. The van der Waals surface area contributed by atoms with E-state index >= 15 is 0 Å². The topological polar surface area (TPSA) is 55.6 Å². The van der Waals surface area contributed by atoms with Crippen LogP contribution < -0.4 is 5.73 Å². The molecule has 2 atom stereocenters. The van der Waals surface area contributed by atoms with Gasteiger partial charge in [-0.1, -0.05) is 6.92 Å². The molecule has 4 heteroatoms. The Kier molecular flexibility index (Phi) is 7.52. The third-order valence-electron chi connectivity index (χ3n) is 4.27. The van der Waals surface area contributed by atoms with E-state index in [9.17, 15) is 4.79 Å². The molecular formula is C16H32N2O2. The average Bonchev–Trinajstić information content (AvgIpc) is 2.60. The molecule has 0 aromatic rings. The SMILES string of the molecule is CCOC(=O)C(C)(N)CCCCN1CCCC(C)CC1. The predicted octanol–water partition coefficient (Wildman–Crippen LogP) is 2.56. The Morgan fingerprint density at radius 2 is 2.10 bits per heavy atom. The van der Waals surface area contributed by atoms with Crippen LogP contribution in [0.2, 0.25) is 0 Å². The average molecular weight is 284 g/mol. The first kappa shape index (κ1) is 17.4. The van der Waals surface area contributed by atoms with E-state index < -0.39 is 5.54 Å². The zero-order chi connectivity index (χ0) is 15.0. The van der Waals surface area contributed by atoms with Crippen LogP contribution in [-0.4, -0.2) is 42.6 Å². The van der Waals surface area contributed by atoms with Crippen molar-refractivity contribution in [3.05, 3.63) is 0 Å². The Morgan fingerprint density at radius 1 is 1.35 bits per heavy atom. The molecule has 0 aromatic carbocycles. The van der Waals surface area contributed by atoms with E-state index in [-0.39, 0.29) is 5.97 Å². The number of rotatable bonds is 7. The van der Waals surface area contributed by atoms with Crippen LogP contribution >= 0.6 is 0 Å². The van der Waals surface area contributed by atoms with Gasteiger partial charge in [-0.2, -0.15) is 0 Å². The van der Waals surface area contributed by atoms with E-state index in [1.165, 1.54) is 32.4 Å². The molecule has 20 heavy (non-hydrogen) atoms. The van der Waals surface area contributed by atoms with E-state index in [1.807, 2.05) is 6.92 Å². The lowest BCUT2D eigenvalue weighted by Gasteiger charge is -2.23. The summed E-state index contributed by atoms with van der Waals surface area (Å²) >= 11 is 0. The lowest BCUT2D eigenvalue weighted by molar-refractivity contribution is -0.149. The van der Waals surface area contributed by atoms with Gasteiger partial charge in [-0.15, -0.1) is 0 Å². The largest absolute Gasteiger partial charge is 0.465 e. The molecule has 1 aliphatic rings. The van der Waals surface area contributed by atoms with Crippen molar-refractivity contribution < 1.29 is 9.53 Å². The fourth-order valence-electron chi connectivity index (χ4n) is 2.77. The Bertz CT molecular complexity index is 292. The summed E-state index contributed by atoms with van der Waals surface area (Å²) in [6, 6.07) is 0. The van der Waals surface area contributed by atoms with E-state index in [4.69, 9.17) is 10.5 Å². The molecule has 1 aliphatic heterocycles. The lowest BCUT2D eigenvalue weighted by atomic mass is 9.96. The summed E-state index contributed by atoms with van der Waals surface area (Å²) in [5, 5.41) is 0. The summed E-state index contributed by atoms with van der Waals surface area (Å²) in [4.78, 5) is 14.2. The Morgan fingerprint density at radius 3 is 2.80 bits per heavy atom. The van der Waals surface area contributed by atoms with Crippen molar-refractivity contribution >= 4 is 5.97 Å². The fourth-order valence-corrected chi connectivity index (χ4v) is 2.77. The Labute approximate surface area is 124 Å². The summed E-state index contributed by atoms with van der Waals surface area (Å²) in [7, 11) is 0. The van der Waals surface area contributed by atoms with Crippen molar-refractivity contribution in [3.8, 4) is 0 Å². The van der Waals surface area contributed by atoms with Crippen molar-refractivity contribution in [1.29, 1.82) is 0 Å². The third-order valence-corrected chi connectivity index (χ3v) is 4.27. The van der Waals surface area contributed by atoms with Crippen LogP contribution in [0.25, 0.3) is 0 Å². The van der Waals surface area contributed by atoms with E-state index in [0.29, 0.717) is 13.0 Å². The van der Waals surface area contributed by atoms with Crippen LogP contribution in [0.15, 0.2) is 0 Å². The summed E-state index contributed by atoms with van der Waals surface area (Å²) < 4.78 is 5.01. The van der Waals surface area contributed by atoms with Crippen molar-refractivity contribution in [2.45, 2.75) is 64.8 Å². The van der Waals surface area contributed by atoms with Gasteiger partial charge in [0.05, 0.1) is 6.61 Å². The molecule has 0 amide bonds. The molecule has 0 saturated carbocycles. The molecule has 0 aliphatic carbocycles. The molecule has 0 bridgehead atoms. The molecule has 1 saturated heterocycles. The first-order valence-electron chi connectivity index (χ1n) is 8.14. The Balaban J connectivity index is 2.19. The second-order valence-corrected chi connectivity index (χ2v) is 6.47. The molecule has 0 radical (unpaired) electrons. The number of hydrogen-bond acceptors (Lipinski definition) is 4. The third kappa shape index (κ3) is 6.23. The number of esters is 1. The van der Waals surface area contributed by atoms with Gasteiger partial charge in [0, 0.05) is 0 Å². The van der Waals surface area contributed by atoms with Gasteiger partial charge >= 0.3 is 5.97 Å². The minimum atomic E-state index is -0.830. The maximum atomic E-state index is 11.7. The summed E-state index contributed by atoms with van der Waals surface area (Å²) in [5.74, 6) is 0.597. The van der Waals surface area contributed by atoms with E-state index in [0.717, 1.165) is 25.3 Å². The molecule has 1 fully saturated rings. The van der Waals surface area contributed by atoms with Crippen molar-refractivity contribution in [2.24, 2.45) is 11.7 Å². The van der Waals surface area contributed by atoms with Gasteiger partial charge in [0.15, 0.2) is 0 Å². The number of hydrogen-bond donors (Lipinski definition) is 1. The van der Waals surface area contributed by atoms with Gasteiger partial charge in [0.1, 0.15) is 5.54 Å². The van der Waals surface area contributed by atoms with Crippen LogP contribution in [0, 0.1) is 5.92 Å². The lowest BCUT2D eigenvalue weighted by Crippen LogP contribution is -2.46. The maximum Gasteiger partial charge on any atom is 0.325 e. The van der Waals surface area contributed by atoms with Crippen molar-refractivity contribution in [2.75, 3.05) is 26.2 Å². The summed E-state index contributed by atoms with van der Waals surface area (Å²) in [6.07, 6.45) is 6.80. The molecule has 118 valence electrons. The van der Waals surface area contributed by atoms with Gasteiger partial charge in [-0.25, -0.2) is 0 Å². The molecule has 4 nitrogen and oxygen atoms in total. The van der Waals surface area contributed by atoms with Crippen LogP contribution in [0.1, 0.15) is 59.3 Å². The maximum absolute atomic E-state index is 11.7. The van der Waals surface area contributed by atoms with Crippen LogP contribution in [0.3, 0.4) is 0 Å². The molecule has 2 unspecified atom stereocenters. The first-order valence-corrected chi connectivity index (χ1v) is 8.14. The molecule has 1 rings (SSSR count). The number of likely N-dealkylation sites (tertiary alicyclic amines) is 1. The van der Waals surface area contributed by atoms with Gasteiger partial charge in [-0.05, 0) is 77.9 Å². The van der Waals surface area contributed by atoms with Gasteiger partial charge in [0.2, 0.25) is 0 Å². The second-order valence-electron chi connectivity index (χ2n) is 6.47. The minimum absolute atomic E-state index is 0.274. The molecule has 0 aromatic heterocycles. The molecule has 2 N–H and O–H groups in total. The van der Waals surface area contributed by atoms with Gasteiger partial charge < -0.3 is 15.4 Å². The zero-order valence-electron chi connectivity index (χ0n) is 13.5. The van der Waals surface area contributed by atoms with E-state index in [1.54, 1.807) is 6.92 Å². The molecular weight excluding hydrogens is 252 g/mol. The van der Waals surface area contributed by atoms with Gasteiger partial charge in [0.25, 0.3) is 0 Å². The highest BCUT2D eigenvalue weighted by atomic mass is 16.5. The standard InChI is InChI=1S/C16H32N2O2/c1-4-20-15(19)16(3,17)10-5-6-11-18-12-7-8-14(2)9-13-18/h14H,4-13,17H2,1-3H3. The van der Waals surface area contributed by atoms with Crippen LogP contribution in [-0.2, 0) is 9.53 Å². The van der Waals surface area contributed by atoms with Gasteiger partial charge in [-0.3, -0.25) is 4.79 Å². The van der Waals surface area contributed by atoms with Crippen molar-refractivity contribution in [3.63, 3.8) is 0 Å². The number of nitrogens with two attached hydrogens (primary N) is 1. The predicted molar refractivity (Wildman–Crippen MR) is 82.5 cm³/mol. The first-order chi connectivity index (χ1) is 9.45. The highest BCUT2D eigenvalue weighted by Crippen LogP contribution is 2.18. The second kappa shape index (κ2) is 8.63.